The molecule has 1 fully saturated rings. The van der Waals surface area contributed by atoms with E-state index in [2.05, 4.69) is 4.74 Å². The highest BCUT2D eigenvalue weighted by molar-refractivity contribution is 8.76. The van der Waals surface area contributed by atoms with Crippen LogP contribution in [0.2, 0.25) is 0 Å². The lowest BCUT2D eigenvalue weighted by molar-refractivity contribution is -0.134. The van der Waals surface area contributed by atoms with Gasteiger partial charge in [-0.05, 0) is 23.8 Å². The van der Waals surface area contributed by atoms with E-state index in [0.717, 1.165) is 0 Å². The summed E-state index contributed by atoms with van der Waals surface area (Å²) in [4.78, 5) is 11.3. The topological polar surface area (TPSA) is 82.1 Å². The van der Waals surface area contributed by atoms with Gasteiger partial charge in [0.2, 0.25) is 10.0 Å². The van der Waals surface area contributed by atoms with Gasteiger partial charge in [-0.2, -0.15) is 4.31 Å². The molecular weight excluding hydrogens is 398 g/mol. The summed E-state index contributed by atoms with van der Waals surface area (Å²) in [6.45, 7) is 0.849. The number of nitrogens with zero attached hydrogens (tertiary/aromatic N) is 1. The van der Waals surface area contributed by atoms with Gasteiger partial charge in [0, 0.05) is 30.7 Å². The molecule has 0 unspecified atom stereocenters. The summed E-state index contributed by atoms with van der Waals surface area (Å²) in [5, 5.41) is 0. The molecule has 0 aliphatic carbocycles. The largest absolute Gasteiger partial charge is 0.493 e. The number of sulfonamides is 1. The van der Waals surface area contributed by atoms with Crippen molar-refractivity contribution in [1.82, 2.24) is 4.31 Å². The normalized spacial score (nSPS) is 16.3. The summed E-state index contributed by atoms with van der Waals surface area (Å²) in [5.41, 5.74) is 0.491. The molecular formula is C16H21NO6S3. The van der Waals surface area contributed by atoms with Crippen LogP contribution in [0.15, 0.2) is 23.1 Å². The fourth-order valence-electron chi connectivity index (χ4n) is 2.36. The van der Waals surface area contributed by atoms with Crippen LogP contribution in [0.25, 0.3) is 6.08 Å². The molecule has 10 heteroatoms. The molecule has 0 aromatic heterocycles. The second-order valence-corrected chi connectivity index (χ2v) is 9.77. The van der Waals surface area contributed by atoms with Crippen LogP contribution in [-0.4, -0.2) is 64.6 Å². The summed E-state index contributed by atoms with van der Waals surface area (Å²) < 4.78 is 43.0. The highest BCUT2D eigenvalue weighted by atomic mass is 33.1. The molecule has 1 aromatic carbocycles. The van der Waals surface area contributed by atoms with E-state index in [0.29, 0.717) is 30.2 Å². The first-order valence-electron chi connectivity index (χ1n) is 7.70. The Labute approximate surface area is 161 Å². The van der Waals surface area contributed by atoms with Crippen molar-refractivity contribution in [3.63, 3.8) is 0 Å². The molecule has 0 atom stereocenters. The van der Waals surface area contributed by atoms with E-state index in [4.69, 9.17) is 9.47 Å². The maximum Gasteiger partial charge on any atom is 0.330 e. The standard InChI is InChI=1S/C16H21NO6S3/c1-21-13-10-12(4-5-15(18)22-2)11-14(16(13)23-3)26(19,20)17-6-8-24-25-9-7-17/h4-5,10-11H,6-9H2,1-3H3/b5-4+. The molecule has 1 saturated heterocycles. The van der Waals surface area contributed by atoms with E-state index < -0.39 is 16.0 Å². The molecule has 0 spiro atoms. The average molecular weight is 420 g/mol. The number of carbonyl (C=O) groups excluding carboxylic acids is 1. The van der Waals surface area contributed by atoms with Gasteiger partial charge >= 0.3 is 5.97 Å². The number of benzene rings is 1. The first kappa shape index (κ1) is 20.9. The van der Waals surface area contributed by atoms with E-state index in [1.807, 2.05) is 0 Å². The molecule has 0 saturated carbocycles. The first-order chi connectivity index (χ1) is 12.4. The Balaban J connectivity index is 2.53. The van der Waals surface area contributed by atoms with Gasteiger partial charge in [0.05, 0.1) is 21.3 Å². The van der Waals surface area contributed by atoms with Crippen LogP contribution in [-0.2, 0) is 19.6 Å². The second-order valence-electron chi connectivity index (χ2n) is 5.16. The number of methoxy groups -OCH3 is 3. The third-order valence-electron chi connectivity index (χ3n) is 3.63. The van der Waals surface area contributed by atoms with Crippen molar-refractivity contribution in [1.29, 1.82) is 0 Å². The van der Waals surface area contributed by atoms with Crippen LogP contribution in [0.3, 0.4) is 0 Å². The molecule has 1 aromatic rings. The van der Waals surface area contributed by atoms with Gasteiger partial charge in [-0.3, -0.25) is 0 Å². The summed E-state index contributed by atoms with van der Waals surface area (Å²) in [5.74, 6) is 1.31. The molecule has 0 radical (unpaired) electrons. The maximum absolute atomic E-state index is 13.2. The zero-order valence-corrected chi connectivity index (χ0v) is 17.2. The van der Waals surface area contributed by atoms with E-state index in [9.17, 15) is 13.2 Å². The number of hydrogen-bond donors (Lipinski definition) is 0. The molecule has 26 heavy (non-hydrogen) atoms. The zero-order valence-electron chi connectivity index (χ0n) is 14.8. The third-order valence-corrected chi connectivity index (χ3v) is 7.90. The van der Waals surface area contributed by atoms with Gasteiger partial charge < -0.3 is 14.2 Å². The predicted octanol–water partition coefficient (Wildman–Crippen LogP) is 2.28. The minimum Gasteiger partial charge on any atom is -0.493 e. The number of rotatable bonds is 6. The number of hydrogen-bond acceptors (Lipinski definition) is 8. The van der Waals surface area contributed by atoms with Gasteiger partial charge in [-0.15, -0.1) is 0 Å². The van der Waals surface area contributed by atoms with E-state index >= 15 is 0 Å². The molecule has 1 aliphatic rings. The number of esters is 1. The van der Waals surface area contributed by atoms with Gasteiger partial charge in [0.1, 0.15) is 4.90 Å². The summed E-state index contributed by atoms with van der Waals surface area (Å²) in [6.07, 6.45) is 2.69. The lowest BCUT2D eigenvalue weighted by Crippen LogP contribution is -2.34. The Morgan fingerprint density at radius 3 is 2.31 bits per heavy atom. The van der Waals surface area contributed by atoms with Gasteiger partial charge in [-0.1, -0.05) is 21.6 Å². The van der Waals surface area contributed by atoms with Crippen molar-refractivity contribution in [2.45, 2.75) is 4.90 Å². The van der Waals surface area contributed by atoms with Crippen LogP contribution in [0.5, 0.6) is 11.5 Å². The lowest BCUT2D eigenvalue weighted by Gasteiger charge is -2.22. The predicted molar refractivity (Wildman–Crippen MR) is 104 cm³/mol. The Kier molecular flexibility index (Phi) is 7.69. The summed E-state index contributed by atoms with van der Waals surface area (Å²) >= 11 is 0. The van der Waals surface area contributed by atoms with E-state index in [-0.39, 0.29) is 16.4 Å². The Bertz CT molecular complexity index is 770. The fraction of sp³-hybridized carbons (Fsp3) is 0.438. The quantitative estimate of drug-likeness (QED) is 0.395. The van der Waals surface area contributed by atoms with Crippen LogP contribution in [0.4, 0.5) is 0 Å². The molecule has 7 nitrogen and oxygen atoms in total. The number of ether oxygens (including phenoxy) is 3. The molecule has 1 heterocycles. The first-order valence-corrected chi connectivity index (χ1v) is 11.6. The van der Waals surface area contributed by atoms with Crippen LogP contribution < -0.4 is 9.47 Å². The lowest BCUT2D eigenvalue weighted by atomic mass is 10.2. The molecule has 0 bridgehead atoms. The third kappa shape index (κ3) is 4.87. The van der Waals surface area contributed by atoms with Crippen LogP contribution in [0, 0.1) is 0 Å². The highest BCUT2D eigenvalue weighted by Gasteiger charge is 2.30. The SMILES string of the molecule is COC(=O)/C=C/c1cc(OC)c(OC)c(S(=O)(=O)N2CCSSCC2)c1. The molecule has 0 amide bonds. The molecule has 0 N–H and O–H groups in total. The van der Waals surface area contributed by atoms with E-state index in [1.165, 1.54) is 43.9 Å². The Hall–Kier alpha value is -1.36. The van der Waals surface area contributed by atoms with Crippen molar-refractivity contribution in [3.8, 4) is 11.5 Å². The van der Waals surface area contributed by atoms with Crippen LogP contribution >= 0.6 is 21.6 Å². The minimum absolute atomic E-state index is 0.0146. The monoisotopic (exact) mass is 419 g/mol. The summed E-state index contributed by atoms with van der Waals surface area (Å²) in [7, 11) is 3.64. The molecule has 2 rings (SSSR count). The van der Waals surface area contributed by atoms with Crippen molar-refractivity contribution in [2.75, 3.05) is 45.9 Å². The average Bonchev–Trinajstić information content (AvgIpc) is 2.95. The number of carbonyl (C=O) groups is 1. The van der Waals surface area contributed by atoms with Crippen molar-refractivity contribution >= 4 is 43.7 Å². The smallest absolute Gasteiger partial charge is 0.330 e. The fourth-order valence-corrected chi connectivity index (χ4v) is 6.21. The van der Waals surface area contributed by atoms with Gasteiger partial charge in [0.25, 0.3) is 0 Å². The highest BCUT2D eigenvalue weighted by Crippen LogP contribution is 2.38. The van der Waals surface area contributed by atoms with Crippen LogP contribution in [0.1, 0.15) is 5.56 Å². The molecule has 1 aliphatic heterocycles. The summed E-state index contributed by atoms with van der Waals surface area (Å²) in [6, 6.07) is 3.08. The molecule has 144 valence electrons. The minimum atomic E-state index is -3.78. The van der Waals surface area contributed by atoms with Crippen molar-refractivity contribution in [3.05, 3.63) is 23.8 Å². The van der Waals surface area contributed by atoms with E-state index in [1.54, 1.807) is 27.7 Å². The Morgan fingerprint density at radius 2 is 1.77 bits per heavy atom. The van der Waals surface area contributed by atoms with Gasteiger partial charge in [-0.25, -0.2) is 13.2 Å². The van der Waals surface area contributed by atoms with Crippen molar-refractivity contribution < 1.29 is 27.4 Å². The zero-order chi connectivity index (χ0) is 19.2. The Morgan fingerprint density at radius 1 is 1.12 bits per heavy atom. The second kappa shape index (κ2) is 9.54. The van der Waals surface area contributed by atoms with Gasteiger partial charge in [0.15, 0.2) is 11.5 Å². The maximum atomic E-state index is 13.2. The van der Waals surface area contributed by atoms with Crippen molar-refractivity contribution in [2.24, 2.45) is 0 Å².